The smallest absolute Gasteiger partial charge is 0.232 e. The number of carbonyl (C=O) groups is 1. The van der Waals surface area contributed by atoms with E-state index >= 15 is 0 Å². The van der Waals surface area contributed by atoms with Crippen LogP contribution in [0, 0.1) is 5.92 Å². The van der Waals surface area contributed by atoms with Crippen LogP contribution in [0.5, 0.6) is 5.88 Å². The standard InChI is InChI=1S/C12H16BrN3O2/c1-8(17)9-4-3-5-16(7-9)12-14-6-10(13)11(15-12)18-2/h6,9H,3-5,7H2,1-2H3. The number of ketones is 1. The summed E-state index contributed by atoms with van der Waals surface area (Å²) >= 11 is 3.33. The quantitative estimate of drug-likeness (QED) is 0.855. The number of halogens is 1. The fourth-order valence-corrected chi connectivity index (χ4v) is 2.48. The molecule has 1 aliphatic rings. The van der Waals surface area contributed by atoms with Gasteiger partial charge in [0, 0.05) is 19.0 Å². The van der Waals surface area contributed by atoms with Crippen LogP contribution in [0.2, 0.25) is 0 Å². The molecule has 0 aliphatic carbocycles. The molecule has 0 N–H and O–H groups in total. The van der Waals surface area contributed by atoms with Crippen molar-refractivity contribution in [2.75, 3.05) is 25.1 Å². The van der Waals surface area contributed by atoms with Crippen molar-refractivity contribution in [1.29, 1.82) is 0 Å². The van der Waals surface area contributed by atoms with E-state index in [4.69, 9.17) is 4.74 Å². The first-order chi connectivity index (χ1) is 8.61. The Kier molecular flexibility index (Phi) is 4.16. The molecule has 0 amide bonds. The second-order valence-electron chi connectivity index (χ2n) is 4.42. The van der Waals surface area contributed by atoms with Crippen LogP contribution in [0.15, 0.2) is 10.7 Å². The van der Waals surface area contributed by atoms with Gasteiger partial charge in [-0.1, -0.05) is 0 Å². The Hall–Kier alpha value is -1.17. The molecule has 0 radical (unpaired) electrons. The molecule has 0 bridgehead atoms. The number of rotatable bonds is 3. The third kappa shape index (κ3) is 2.80. The Bertz CT molecular complexity index is 453. The lowest BCUT2D eigenvalue weighted by Gasteiger charge is -2.31. The summed E-state index contributed by atoms with van der Waals surface area (Å²) in [5.41, 5.74) is 0. The third-order valence-electron chi connectivity index (χ3n) is 3.17. The van der Waals surface area contributed by atoms with Crippen LogP contribution < -0.4 is 9.64 Å². The van der Waals surface area contributed by atoms with E-state index < -0.39 is 0 Å². The van der Waals surface area contributed by atoms with Gasteiger partial charge in [0.1, 0.15) is 5.78 Å². The topological polar surface area (TPSA) is 55.3 Å². The first-order valence-electron chi connectivity index (χ1n) is 5.93. The van der Waals surface area contributed by atoms with E-state index in [1.165, 1.54) is 0 Å². The number of nitrogens with zero attached hydrogens (tertiary/aromatic N) is 3. The molecule has 1 aliphatic heterocycles. The molecular formula is C12H16BrN3O2. The predicted octanol–water partition coefficient (Wildman–Crippen LogP) is 2.05. The first kappa shape index (κ1) is 13.3. The maximum absolute atomic E-state index is 11.5. The van der Waals surface area contributed by atoms with E-state index in [-0.39, 0.29) is 11.7 Å². The number of hydrogen-bond acceptors (Lipinski definition) is 5. The lowest BCUT2D eigenvalue weighted by molar-refractivity contribution is -0.120. The third-order valence-corrected chi connectivity index (χ3v) is 3.72. The minimum absolute atomic E-state index is 0.0944. The summed E-state index contributed by atoms with van der Waals surface area (Å²) in [7, 11) is 1.57. The van der Waals surface area contributed by atoms with E-state index in [0.29, 0.717) is 18.4 Å². The molecule has 6 heteroatoms. The van der Waals surface area contributed by atoms with Gasteiger partial charge in [-0.15, -0.1) is 0 Å². The lowest BCUT2D eigenvalue weighted by atomic mass is 9.95. The maximum atomic E-state index is 11.5. The lowest BCUT2D eigenvalue weighted by Crippen LogP contribution is -2.39. The zero-order chi connectivity index (χ0) is 13.1. The fourth-order valence-electron chi connectivity index (χ4n) is 2.13. The normalized spacial score (nSPS) is 19.7. The van der Waals surface area contributed by atoms with Crippen LogP contribution in [0.4, 0.5) is 5.95 Å². The van der Waals surface area contributed by atoms with Gasteiger partial charge in [-0.3, -0.25) is 4.79 Å². The summed E-state index contributed by atoms with van der Waals surface area (Å²) in [5.74, 6) is 1.48. The molecule has 2 rings (SSSR count). The second-order valence-corrected chi connectivity index (χ2v) is 5.28. The molecule has 1 aromatic rings. The molecule has 1 fully saturated rings. The van der Waals surface area contributed by atoms with Crippen molar-refractivity contribution < 1.29 is 9.53 Å². The Morgan fingerprint density at radius 2 is 2.39 bits per heavy atom. The van der Waals surface area contributed by atoms with Crippen molar-refractivity contribution in [2.45, 2.75) is 19.8 Å². The summed E-state index contributed by atoms with van der Waals surface area (Å²) in [5, 5.41) is 0. The minimum Gasteiger partial charge on any atom is -0.480 e. The predicted molar refractivity (Wildman–Crippen MR) is 71.9 cm³/mol. The Labute approximate surface area is 115 Å². The van der Waals surface area contributed by atoms with Crippen molar-refractivity contribution >= 4 is 27.7 Å². The number of Topliss-reactive ketones (excluding diaryl/α,β-unsaturated/α-hetero) is 1. The van der Waals surface area contributed by atoms with Crippen molar-refractivity contribution in [1.82, 2.24) is 9.97 Å². The van der Waals surface area contributed by atoms with Crippen LogP contribution in [0.3, 0.4) is 0 Å². The highest BCUT2D eigenvalue weighted by atomic mass is 79.9. The van der Waals surface area contributed by atoms with E-state index in [2.05, 4.69) is 25.9 Å². The number of aromatic nitrogens is 2. The van der Waals surface area contributed by atoms with Crippen molar-refractivity contribution in [3.63, 3.8) is 0 Å². The average Bonchev–Trinajstić information content (AvgIpc) is 2.39. The summed E-state index contributed by atoms with van der Waals surface area (Å²) < 4.78 is 5.89. The van der Waals surface area contributed by atoms with Crippen molar-refractivity contribution in [2.24, 2.45) is 5.92 Å². The van der Waals surface area contributed by atoms with Gasteiger partial charge in [-0.05, 0) is 35.7 Å². The van der Waals surface area contributed by atoms with Crippen LogP contribution in [-0.4, -0.2) is 36.0 Å². The molecule has 1 unspecified atom stereocenters. The molecule has 5 nitrogen and oxygen atoms in total. The highest BCUT2D eigenvalue weighted by Gasteiger charge is 2.25. The molecule has 98 valence electrons. The summed E-state index contributed by atoms with van der Waals surface area (Å²) in [6, 6.07) is 0. The van der Waals surface area contributed by atoms with Gasteiger partial charge in [0.25, 0.3) is 0 Å². The molecule has 18 heavy (non-hydrogen) atoms. The van der Waals surface area contributed by atoms with Gasteiger partial charge in [0.05, 0.1) is 17.8 Å². The monoisotopic (exact) mass is 313 g/mol. The number of piperidine rings is 1. The zero-order valence-electron chi connectivity index (χ0n) is 10.5. The maximum Gasteiger partial charge on any atom is 0.232 e. The van der Waals surface area contributed by atoms with Gasteiger partial charge in [-0.25, -0.2) is 4.98 Å². The van der Waals surface area contributed by atoms with Crippen molar-refractivity contribution in [3.8, 4) is 5.88 Å². The largest absolute Gasteiger partial charge is 0.480 e. The Balaban J connectivity index is 2.18. The minimum atomic E-state index is 0.0944. The second kappa shape index (κ2) is 5.65. The number of anilines is 1. The van der Waals surface area contributed by atoms with Gasteiger partial charge in [-0.2, -0.15) is 4.98 Å². The van der Waals surface area contributed by atoms with E-state index in [1.807, 2.05) is 4.90 Å². The van der Waals surface area contributed by atoms with Crippen molar-refractivity contribution in [3.05, 3.63) is 10.7 Å². The van der Waals surface area contributed by atoms with Gasteiger partial charge < -0.3 is 9.64 Å². The molecular weight excluding hydrogens is 298 g/mol. The highest BCUT2D eigenvalue weighted by Crippen LogP contribution is 2.26. The van der Waals surface area contributed by atoms with E-state index in [9.17, 15) is 4.79 Å². The number of ether oxygens (including phenoxy) is 1. The van der Waals surface area contributed by atoms with Crippen LogP contribution in [0.1, 0.15) is 19.8 Å². The highest BCUT2D eigenvalue weighted by molar-refractivity contribution is 9.10. The number of hydrogen-bond donors (Lipinski definition) is 0. The summed E-state index contributed by atoms with van der Waals surface area (Å²) in [6.45, 7) is 3.23. The zero-order valence-corrected chi connectivity index (χ0v) is 12.1. The Morgan fingerprint density at radius 1 is 1.61 bits per heavy atom. The summed E-state index contributed by atoms with van der Waals surface area (Å²) in [4.78, 5) is 22.1. The van der Waals surface area contributed by atoms with Crippen LogP contribution in [0.25, 0.3) is 0 Å². The molecule has 0 spiro atoms. The fraction of sp³-hybridized carbons (Fsp3) is 0.583. The Morgan fingerprint density at radius 3 is 3.06 bits per heavy atom. The average molecular weight is 314 g/mol. The molecule has 0 saturated carbocycles. The number of carbonyl (C=O) groups excluding carboxylic acids is 1. The molecule has 0 aromatic carbocycles. The van der Waals surface area contributed by atoms with Gasteiger partial charge in [0.2, 0.25) is 11.8 Å². The van der Waals surface area contributed by atoms with Gasteiger partial charge in [0.15, 0.2) is 0 Å². The molecule has 1 aromatic heterocycles. The molecule has 2 heterocycles. The van der Waals surface area contributed by atoms with E-state index in [0.717, 1.165) is 23.9 Å². The SMILES string of the molecule is COc1nc(N2CCCC(C(C)=O)C2)ncc1Br. The summed E-state index contributed by atoms with van der Waals surface area (Å²) in [6.07, 6.45) is 3.63. The molecule has 1 saturated heterocycles. The van der Waals surface area contributed by atoms with Gasteiger partial charge >= 0.3 is 0 Å². The van der Waals surface area contributed by atoms with E-state index in [1.54, 1.807) is 20.2 Å². The van der Waals surface area contributed by atoms with Crippen LogP contribution in [-0.2, 0) is 4.79 Å². The molecule has 1 atom stereocenters. The first-order valence-corrected chi connectivity index (χ1v) is 6.73. The number of methoxy groups -OCH3 is 1. The van der Waals surface area contributed by atoms with Crippen LogP contribution >= 0.6 is 15.9 Å².